The molecule has 0 aliphatic rings. The zero-order valence-electron chi connectivity index (χ0n) is 26.3. The molecule has 0 aliphatic carbocycles. The first-order valence-corrected chi connectivity index (χ1v) is 17.2. The normalized spacial score (nSPS) is 11.3. The average Bonchev–Trinajstić information content (AvgIpc) is 3.54. The van der Waals surface area contributed by atoms with E-state index < -0.39 is 0 Å². The number of benzene rings is 8. The second-order valence-corrected chi connectivity index (χ2v) is 13.2. The molecule has 0 saturated carbocycles. The molecular formula is C46H31NS. The zero-order chi connectivity index (χ0) is 31.9. The van der Waals surface area contributed by atoms with Gasteiger partial charge >= 0.3 is 0 Å². The molecule has 1 heterocycles. The Morgan fingerprint density at radius 1 is 0.333 bits per heavy atom. The minimum Gasteiger partial charge on any atom is -0.310 e. The first kappa shape index (κ1) is 28.3. The lowest BCUT2D eigenvalue weighted by Crippen LogP contribution is -2.11. The van der Waals surface area contributed by atoms with Gasteiger partial charge in [0, 0.05) is 42.5 Å². The molecule has 1 nitrogen and oxygen atoms in total. The van der Waals surface area contributed by atoms with E-state index >= 15 is 0 Å². The molecule has 9 aromatic rings. The SMILES string of the molecule is c1ccc(-c2ccc(N(c3ccc4sc5c6ccccc6c(-c6ccccc6)cc5c4c3)c3ccccc3-c3ccccc3)cc2)cc1. The van der Waals surface area contributed by atoms with Crippen LogP contribution in [0.5, 0.6) is 0 Å². The molecule has 0 fully saturated rings. The van der Waals surface area contributed by atoms with E-state index in [0.29, 0.717) is 0 Å². The van der Waals surface area contributed by atoms with E-state index in [4.69, 9.17) is 0 Å². The van der Waals surface area contributed by atoms with Crippen LogP contribution in [0.25, 0.3) is 64.3 Å². The summed E-state index contributed by atoms with van der Waals surface area (Å²) in [5.41, 5.74) is 10.7. The maximum absolute atomic E-state index is 2.42. The van der Waals surface area contributed by atoms with Crippen LogP contribution in [0.4, 0.5) is 17.1 Å². The van der Waals surface area contributed by atoms with Crippen LogP contribution < -0.4 is 4.90 Å². The molecular weight excluding hydrogens is 599 g/mol. The Balaban J connectivity index is 1.27. The molecule has 0 aliphatic heterocycles. The Morgan fingerprint density at radius 3 is 1.58 bits per heavy atom. The Bertz CT molecular complexity index is 2530. The highest BCUT2D eigenvalue weighted by molar-refractivity contribution is 7.26. The van der Waals surface area contributed by atoms with E-state index in [1.165, 1.54) is 64.3 Å². The molecule has 0 spiro atoms. The van der Waals surface area contributed by atoms with Crippen molar-refractivity contribution in [1.29, 1.82) is 0 Å². The number of anilines is 3. The van der Waals surface area contributed by atoms with Crippen molar-refractivity contribution < 1.29 is 0 Å². The molecule has 0 radical (unpaired) electrons. The van der Waals surface area contributed by atoms with Gasteiger partial charge in [0.2, 0.25) is 0 Å². The van der Waals surface area contributed by atoms with E-state index in [2.05, 4.69) is 193 Å². The van der Waals surface area contributed by atoms with Crippen LogP contribution in [0.2, 0.25) is 0 Å². The van der Waals surface area contributed by atoms with Crippen molar-refractivity contribution >= 4 is 59.3 Å². The third-order valence-corrected chi connectivity index (χ3v) is 10.5. The van der Waals surface area contributed by atoms with Crippen LogP contribution in [-0.2, 0) is 0 Å². The summed E-state index contributed by atoms with van der Waals surface area (Å²) in [6, 6.07) is 68.0. The molecule has 48 heavy (non-hydrogen) atoms. The second-order valence-electron chi connectivity index (χ2n) is 12.1. The first-order valence-electron chi connectivity index (χ1n) is 16.4. The van der Waals surface area contributed by atoms with Gasteiger partial charge in [-0.2, -0.15) is 0 Å². The van der Waals surface area contributed by atoms with Gasteiger partial charge in [-0.3, -0.25) is 0 Å². The summed E-state index contributed by atoms with van der Waals surface area (Å²) < 4.78 is 2.63. The van der Waals surface area contributed by atoms with E-state index in [1.807, 2.05) is 11.3 Å². The third-order valence-electron chi connectivity index (χ3n) is 9.27. The molecule has 8 aromatic carbocycles. The quantitative estimate of drug-likeness (QED) is 0.177. The van der Waals surface area contributed by atoms with Crippen LogP contribution in [0.1, 0.15) is 0 Å². The van der Waals surface area contributed by atoms with Crippen molar-refractivity contribution in [1.82, 2.24) is 0 Å². The predicted octanol–water partition coefficient (Wildman–Crippen LogP) is 13.7. The summed E-state index contributed by atoms with van der Waals surface area (Å²) in [5, 5.41) is 5.17. The number of nitrogens with zero attached hydrogens (tertiary/aromatic N) is 1. The number of hydrogen-bond acceptors (Lipinski definition) is 2. The Hall–Kier alpha value is -5.96. The number of para-hydroxylation sites is 1. The number of fused-ring (bicyclic) bond motifs is 5. The fourth-order valence-corrected chi connectivity index (χ4v) is 8.17. The van der Waals surface area contributed by atoms with Crippen LogP contribution in [-0.4, -0.2) is 0 Å². The van der Waals surface area contributed by atoms with Crippen molar-refractivity contribution in [3.63, 3.8) is 0 Å². The van der Waals surface area contributed by atoms with Gasteiger partial charge in [0.05, 0.1) is 5.69 Å². The van der Waals surface area contributed by atoms with Gasteiger partial charge in [-0.25, -0.2) is 0 Å². The number of thiophene rings is 1. The molecule has 2 heteroatoms. The van der Waals surface area contributed by atoms with E-state index in [-0.39, 0.29) is 0 Å². The van der Waals surface area contributed by atoms with Gasteiger partial charge in [0.1, 0.15) is 0 Å². The summed E-state index contributed by atoms with van der Waals surface area (Å²) in [7, 11) is 0. The Morgan fingerprint density at radius 2 is 0.875 bits per heavy atom. The van der Waals surface area contributed by atoms with Crippen molar-refractivity contribution in [3.8, 4) is 33.4 Å². The zero-order valence-corrected chi connectivity index (χ0v) is 27.1. The second kappa shape index (κ2) is 12.0. The van der Waals surface area contributed by atoms with Gasteiger partial charge in [0.25, 0.3) is 0 Å². The van der Waals surface area contributed by atoms with Crippen LogP contribution in [0.15, 0.2) is 188 Å². The fraction of sp³-hybridized carbons (Fsp3) is 0. The molecule has 1 aromatic heterocycles. The lowest BCUT2D eigenvalue weighted by atomic mass is 9.95. The van der Waals surface area contributed by atoms with Gasteiger partial charge < -0.3 is 4.90 Å². The molecule has 0 saturated heterocycles. The van der Waals surface area contributed by atoms with Gasteiger partial charge in [-0.15, -0.1) is 11.3 Å². The van der Waals surface area contributed by atoms with E-state index in [9.17, 15) is 0 Å². The predicted molar refractivity (Wildman–Crippen MR) is 208 cm³/mol. The van der Waals surface area contributed by atoms with Crippen molar-refractivity contribution in [2.24, 2.45) is 0 Å². The lowest BCUT2D eigenvalue weighted by molar-refractivity contribution is 1.29. The summed E-state index contributed by atoms with van der Waals surface area (Å²) in [4.78, 5) is 2.42. The van der Waals surface area contributed by atoms with Crippen molar-refractivity contribution in [3.05, 3.63) is 188 Å². The fourth-order valence-electron chi connectivity index (χ4n) is 6.97. The topological polar surface area (TPSA) is 3.24 Å². The van der Waals surface area contributed by atoms with Gasteiger partial charge in [-0.05, 0) is 75.7 Å². The van der Waals surface area contributed by atoms with E-state index in [0.717, 1.165) is 17.1 Å². The maximum Gasteiger partial charge on any atom is 0.0540 e. The highest BCUT2D eigenvalue weighted by atomic mass is 32.1. The number of rotatable bonds is 6. The molecule has 0 N–H and O–H groups in total. The molecule has 9 rings (SSSR count). The Labute approximate surface area is 284 Å². The highest BCUT2D eigenvalue weighted by Crippen LogP contribution is 2.46. The molecule has 0 unspecified atom stereocenters. The van der Waals surface area contributed by atoms with Crippen molar-refractivity contribution in [2.75, 3.05) is 4.90 Å². The third kappa shape index (κ3) is 4.95. The van der Waals surface area contributed by atoms with Crippen molar-refractivity contribution in [2.45, 2.75) is 0 Å². The average molecular weight is 630 g/mol. The number of hydrogen-bond donors (Lipinski definition) is 0. The lowest BCUT2D eigenvalue weighted by Gasteiger charge is -2.28. The summed E-state index contributed by atoms with van der Waals surface area (Å²) in [5.74, 6) is 0. The molecule has 0 atom stereocenters. The minimum atomic E-state index is 1.12. The summed E-state index contributed by atoms with van der Waals surface area (Å²) in [6.07, 6.45) is 0. The molecule has 226 valence electrons. The summed E-state index contributed by atoms with van der Waals surface area (Å²) >= 11 is 1.89. The largest absolute Gasteiger partial charge is 0.310 e. The first-order chi connectivity index (χ1) is 23.8. The minimum absolute atomic E-state index is 1.12. The van der Waals surface area contributed by atoms with Gasteiger partial charge in [-0.1, -0.05) is 146 Å². The van der Waals surface area contributed by atoms with E-state index in [1.54, 1.807) is 0 Å². The standard InChI is InChI=1S/C46H31NS/c1-4-14-32(15-5-1)33-24-26-36(27-25-33)47(44-23-13-12-20-38(44)34-16-6-2-7-17-34)37-28-29-45-42(30-37)43-31-41(35-18-8-3-9-19-35)39-21-10-11-22-40(39)46(43)48-45/h1-31H. The van der Waals surface area contributed by atoms with Gasteiger partial charge in [0.15, 0.2) is 0 Å². The smallest absolute Gasteiger partial charge is 0.0540 e. The Kier molecular flexibility index (Phi) is 7.07. The highest BCUT2D eigenvalue weighted by Gasteiger charge is 2.20. The molecule has 0 bridgehead atoms. The summed E-state index contributed by atoms with van der Waals surface area (Å²) in [6.45, 7) is 0. The van der Waals surface area contributed by atoms with Crippen LogP contribution >= 0.6 is 11.3 Å². The monoisotopic (exact) mass is 629 g/mol. The van der Waals surface area contributed by atoms with Crippen LogP contribution in [0, 0.1) is 0 Å². The maximum atomic E-state index is 2.42. The van der Waals surface area contributed by atoms with Crippen LogP contribution in [0.3, 0.4) is 0 Å². The molecule has 0 amide bonds.